The van der Waals surface area contributed by atoms with Crippen molar-refractivity contribution in [3.63, 3.8) is 0 Å². The summed E-state index contributed by atoms with van der Waals surface area (Å²) >= 11 is 0. The summed E-state index contributed by atoms with van der Waals surface area (Å²) in [7, 11) is 1.59. The normalized spacial score (nSPS) is 10.8. The lowest BCUT2D eigenvalue weighted by atomic mass is 10.0. The number of ether oxygens (including phenoxy) is 1. The molecule has 1 aromatic carbocycles. The second-order valence-corrected chi connectivity index (χ2v) is 3.98. The predicted octanol–water partition coefficient (Wildman–Crippen LogP) is 1.35. The van der Waals surface area contributed by atoms with E-state index >= 15 is 0 Å². The molecule has 2 rings (SSSR count). The first-order valence-electron chi connectivity index (χ1n) is 5.57. The Morgan fingerprint density at radius 2 is 2.18 bits per heavy atom. The second-order valence-electron chi connectivity index (χ2n) is 3.98. The molecule has 3 N–H and O–H groups in total. The fourth-order valence-corrected chi connectivity index (χ4v) is 2.11. The number of benzene rings is 1. The Morgan fingerprint density at radius 1 is 1.41 bits per heavy atom. The van der Waals surface area contributed by atoms with Crippen molar-refractivity contribution in [2.75, 3.05) is 13.7 Å². The summed E-state index contributed by atoms with van der Waals surface area (Å²) in [5.74, 6) is 0.682. The lowest BCUT2D eigenvalue weighted by Gasteiger charge is -2.10. The highest BCUT2D eigenvalue weighted by molar-refractivity contribution is 5.87. The number of H-pyrrole nitrogens is 1. The topological polar surface area (TPSA) is 68.1 Å². The quantitative estimate of drug-likeness (QED) is 0.839. The number of aromatic amines is 1. The maximum absolute atomic E-state index is 11.9. The summed E-state index contributed by atoms with van der Waals surface area (Å²) in [5.41, 5.74) is 7.93. The van der Waals surface area contributed by atoms with Crippen LogP contribution in [-0.2, 0) is 6.42 Å². The molecule has 0 saturated carbocycles. The Bertz CT molecular complexity index is 602. The van der Waals surface area contributed by atoms with Crippen LogP contribution in [0.3, 0.4) is 0 Å². The van der Waals surface area contributed by atoms with E-state index in [0.29, 0.717) is 18.7 Å². The minimum absolute atomic E-state index is 0.0787. The van der Waals surface area contributed by atoms with Gasteiger partial charge in [-0.1, -0.05) is 12.1 Å². The van der Waals surface area contributed by atoms with Crippen LogP contribution < -0.4 is 16.0 Å². The van der Waals surface area contributed by atoms with Crippen LogP contribution >= 0.6 is 0 Å². The standard InChI is InChI=1S/C13H16N2O2/c1-8-9-4-3-5-11(17-2)12(9)15-13(16)10(8)6-7-14/h3-5H,6-7,14H2,1-2H3,(H,15,16). The van der Waals surface area contributed by atoms with Crippen LogP contribution in [0, 0.1) is 6.92 Å². The van der Waals surface area contributed by atoms with E-state index in [9.17, 15) is 4.79 Å². The first kappa shape index (κ1) is 11.7. The molecule has 0 radical (unpaired) electrons. The van der Waals surface area contributed by atoms with Crippen LogP contribution in [0.25, 0.3) is 10.9 Å². The molecule has 1 heterocycles. The lowest BCUT2D eigenvalue weighted by molar-refractivity contribution is 0.419. The monoisotopic (exact) mass is 232 g/mol. The summed E-state index contributed by atoms with van der Waals surface area (Å²) in [5, 5.41) is 1.01. The SMILES string of the molecule is COc1cccc2c(C)c(CCN)c(=O)[nH]c12. The Balaban J connectivity index is 2.81. The van der Waals surface area contributed by atoms with Gasteiger partial charge in [-0.05, 0) is 31.5 Å². The van der Waals surface area contributed by atoms with E-state index in [1.807, 2.05) is 25.1 Å². The van der Waals surface area contributed by atoms with Gasteiger partial charge in [-0.15, -0.1) is 0 Å². The summed E-state index contributed by atoms with van der Waals surface area (Å²) < 4.78 is 5.24. The van der Waals surface area contributed by atoms with Crippen molar-refractivity contribution in [1.29, 1.82) is 0 Å². The summed E-state index contributed by atoms with van der Waals surface area (Å²) in [6.07, 6.45) is 0.592. The Morgan fingerprint density at radius 3 is 2.82 bits per heavy atom. The highest BCUT2D eigenvalue weighted by Gasteiger charge is 2.10. The number of para-hydroxylation sites is 1. The molecule has 2 aromatic rings. The second kappa shape index (κ2) is 4.59. The lowest BCUT2D eigenvalue weighted by Crippen LogP contribution is -2.18. The van der Waals surface area contributed by atoms with Gasteiger partial charge < -0.3 is 15.5 Å². The van der Waals surface area contributed by atoms with Crippen LogP contribution in [0.2, 0.25) is 0 Å². The van der Waals surface area contributed by atoms with Gasteiger partial charge in [0.05, 0.1) is 12.6 Å². The molecule has 0 spiro atoms. The van der Waals surface area contributed by atoms with E-state index in [1.165, 1.54) is 0 Å². The minimum atomic E-state index is -0.0787. The average Bonchev–Trinajstić information content (AvgIpc) is 2.34. The molecule has 0 aliphatic rings. The van der Waals surface area contributed by atoms with E-state index in [-0.39, 0.29) is 5.56 Å². The third-order valence-corrected chi connectivity index (χ3v) is 3.01. The van der Waals surface area contributed by atoms with Gasteiger partial charge >= 0.3 is 0 Å². The molecule has 0 aliphatic heterocycles. The molecule has 0 saturated heterocycles. The zero-order chi connectivity index (χ0) is 12.4. The predicted molar refractivity (Wildman–Crippen MR) is 68.6 cm³/mol. The molecule has 4 nitrogen and oxygen atoms in total. The molecule has 0 bridgehead atoms. The largest absolute Gasteiger partial charge is 0.495 e. The summed E-state index contributed by atoms with van der Waals surface area (Å²) in [6.45, 7) is 2.42. The van der Waals surface area contributed by atoms with E-state index in [4.69, 9.17) is 10.5 Å². The van der Waals surface area contributed by atoms with Crippen molar-refractivity contribution in [2.24, 2.45) is 5.73 Å². The van der Waals surface area contributed by atoms with Crippen LogP contribution in [-0.4, -0.2) is 18.6 Å². The molecular formula is C13H16N2O2. The van der Waals surface area contributed by atoms with Crippen molar-refractivity contribution in [3.8, 4) is 5.75 Å². The number of aromatic nitrogens is 1. The summed E-state index contributed by atoms with van der Waals surface area (Å²) in [6, 6.07) is 5.72. The smallest absolute Gasteiger partial charge is 0.252 e. The Labute approximate surface area is 99.4 Å². The first-order chi connectivity index (χ1) is 8.19. The third-order valence-electron chi connectivity index (χ3n) is 3.01. The van der Waals surface area contributed by atoms with Gasteiger partial charge in [0.25, 0.3) is 5.56 Å². The molecule has 90 valence electrons. The zero-order valence-electron chi connectivity index (χ0n) is 10.0. The van der Waals surface area contributed by atoms with Crippen LogP contribution in [0.1, 0.15) is 11.1 Å². The van der Waals surface area contributed by atoms with Gasteiger partial charge in [-0.3, -0.25) is 4.79 Å². The molecule has 0 amide bonds. The fourth-order valence-electron chi connectivity index (χ4n) is 2.11. The van der Waals surface area contributed by atoms with Gasteiger partial charge in [0, 0.05) is 10.9 Å². The minimum Gasteiger partial charge on any atom is -0.495 e. The van der Waals surface area contributed by atoms with Gasteiger partial charge in [-0.25, -0.2) is 0 Å². The molecule has 17 heavy (non-hydrogen) atoms. The maximum atomic E-state index is 11.9. The summed E-state index contributed by atoms with van der Waals surface area (Å²) in [4.78, 5) is 14.8. The fraction of sp³-hybridized carbons (Fsp3) is 0.308. The number of methoxy groups -OCH3 is 1. The maximum Gasteiger partial charge on any atom is 0.252 e. The molecule has 4 heteroatoms. The van der Waals surface area contributed by atoms with E-state index in [2.05, 4.69) is 4.98 Å². The van der Waals surface area contributed by atoms with Gasteiger partial charge in [-0.2, -0.15) is 0 Å². The van der Waals surface area contributed by atoms with Crippen molar-refractivity contribution in [2.45, 2.75) is 13.3 Å². The number of aryl methyl sites for hydroxylation is 1. The number of hydrogen-bond acceptors (Lipinski definition) is 3. The first-order valence-corrected chi connectivity index (χ1v) is 5.57. The number of nitrogens with two attached hydrogens (primary N) is 1. The number of fused-ring (bicyclic) bond motifs is 1. The molecule has 0 aliphatic carbocycles. The molecule has 0 fully saturated rings. The van der Waals surface area contributed by atoms with Crippen molar-refractivity contribution < 1.29 is 4.74 Å². The molecule has 1 aromatic heterocycles. The van der Waals surface area contributed by atoms with Gasteiger partial charge in [0.2, 0.25) is 0 Å². The molecular weight excluding hydrogens is 216 g/mol. The van der Waals surface area contributed by atoms with E-state index < -0.39 is 0 Å². The highest BCUT2D eigenvalue weighted by atomic mass is 16.5. The average molecular weight is 232 g/mol. The van der Waals surface area contributed by atoms with Crippen molar-refractivity contribution in [3.05, 3.63) is 39.7 Å². The number of rotatable bonds is 3. The Kier molecular flexibility index (Phi) is 3.15. The van der Waals surface area contributed by atoms with Crippen molar-refractivity contribution in [1.82, 2.24) is 4.98 Å². The van der Waals surface area contributed by atoms with Crippen LogP contribution in [0.15, 0.2) is 23.0 Å². The third kappa shape index (κ3) is 1.91. The van der Waals surface area contributed by atoms with E-state index in [0.717, 1.165) is 22.0 Å². The number of pyridine rings is 1. The number of nitrogens with one attached hydrogen (secondary N) is 1. The van der Waals surface area contributed by atoms with Crippen LogP contribution in [0.4, 0.5) is 0 Å². The number of hydrogen-bond donors (Lipinski definition) is 2. The van der Waals surface area contributed by atoms with Gasteiger partial charge in [0.1, 0.15) is 5.75 Å². The highest BCUT2D eigenvalue weighted by Crippen LogP contribution is 2.25. The zero-order valence-corrected chi connectivity index (χ0v) is 10.0. The van der Waals surface area contributed by atoms with E-state index in [1.54, 1.807) is 7.11 Å². The molecule has 0 atom stereocenters. The molecule has 0 unspecified atom stereocenters. The van der Waals surface area contributed by atoms with Crippen LogP contribution in [0.5, 0.6) is 5.75 Å². The van der Waals surface area contributed by atoms with Crippen molar-refractivity contribution >= 4 is 10.9 Å². The van der Waals surface area contributed by atoms with Gasteiger partial charge in [0.15, 0.2) is 0 Å². The Hall–Kier alpha value is -1.81.